The van der Waals surface area contributed by atoms with Crippen molar-refractivity contribution < 1.29 is 9.53 Å². The molecule has 3 N–H and O–H groups in total. The summed E-state index contributed by atoms with van der Waals surface area (Å²) < 4.78 is 5.41. The molecule has 3 rings (SSSR count). The number of carbonyl (C=O) groups excluding carboxylic acids is 1. The summed E-state index contributed by atoms with van der Waals surface area (Å²) >= 11 is 1.99. The predicted octanol–water partition coefficient (Wildman–Crippen LogP) is 3.70. The Morgan fingerprint density at radius 3 is 2.75 bits per heavy atom. The standard InChI is InChI=1S/C19H28N2O2S/c20-19(9-2-1-3-10-19)18(22)21-16-6-4-5-15(13-16)14-24-17-7-11-23-12-8-17/h4-6,13,17H,1-3,7-12,14,20H2,(H,21,22). The van der Waals surface area contributed by atoms with Crippen LogP contribution in [0.1, 0.15) is 50.5 Å². The molecule has 24 heavy (non-hydrogen) atoms. The van der Waals surface area contributed by atoms with E-state index in [9.17, 15) is 4.79 Å². The fourth-order valence-electron chi connectivity index (χ4n) is 3.46. The molecule has 2 fully saturated rings. The summed E-state index contributed by atoms with van der Waals surface area (Å²) in [6, 6.07) is 8.17. The van der Waals surface area contributed by atoms with E-state index in [1.54, 1.807) is 0 Å². The van der Waals surface area contributed by atoms with Crippen molar-refractivity contribution in [2.24, 2.45) is 5.73 Å². The van der Waals surface area contributed by atoms with E-state index in [4.69, 9.17) is 10.5 Å². The monoisotopic (exact) mass is 348 g/mol. The third-order valence-corrected chi connectivity index (χ3v) is 6.48. The lowest BCUT2D eigenvalue weighted by Crippen LogP contribution is -2.52. The van der Waals surface area contributed by atoms with Crippen molar-refractivity contribution in [3.8, 4) is 0 Å². The first-order valence-electron chi connectivity index (χ1n) is 9.04. The second kappa shape index (κ2) is 8.37. The molecule has 1 aliphatic carbocycles. The Bertz CT molecular complexity index is 552. The van der Waals surface area contributed by atoms with Crippen LogP contribution in [0.3, 0.4) is 0 Å². The minimum atomic E-state index is -0.689. The predicted molar refractivity (Wildman–Crippen MR) is 100 cm³/mol. The largest absolute Gasteiger partial charge is 0.381 e. The summed E-state index contributed by atoms with van der Waals surface area (Å²) in [7, 11) is 0. The minimum Gasteiger partial charge on any atom is -0.381 e. The third-order valence-electron chi connectivity index (χ3n) is 5.04. The van der Waals surface area contributed by atoms with Gasteiger partial charge in [0.1, 0.15) is 0 Å². The van der Waals surface area contributed by atoms with Crippen molar-refractivity contribution in [1.82, 2.24) is 0 Å². The normalized spacial score (nSPS) is 21.4. The van der Waals surface area contributed by atoms with Gasteiger partial charge in [-0.05, 0) is 43.4 Å². The van der Waals surface area contributed by atoms with Crippen LogP contribution in [0.4, 0.5) is 5.69 Å². The smallest absolute Gasteiger partial charge is 0.244 e. The first-order valence-corrected chi connectivity index (χ1v) is 10.1. The molecule has 2 aliphatic rings. The average Bonchev–Trinajstić information content (AvgIpc) is 2.62. The first-order chi connectivity index (χ1) is 11.7. The molecule has 132 valence electrons. The lowest BCUT2D eigenvalue weighted by molar-refractivity contribution is -0.122. The Kier molecular flexibility index (Phi) is 6.19. The summed E-state index contributed by atoms with van der Waals surface area (Å²) in [5, 5.41) is 3.72. The van der Waals surface area contributed by atoms with Gasteiger partial charge >= 0.3 is 0 Å². The highest BCUT2D eigenvalue weighted by molar-refractivity contribution is 7.99. The summed E-state index contributed by atoms with van der Waals surface area (Å²) in [6.07, 6.45) is 7.13. The lowest BCUT2D eigenvalue weighted by Gasteiger charge is -2.31. The maximum Gasteiger partial charge on any atom is 0.244 e. The number of hydrogen-bond acceptors (Lipinski definition) is 4. The van der Waals surface area contributed by atoms with Crippen LogP contribution in [-0.4, -0.2) is 29.9 Å². The summed E-state index contributed by atoms with van der Waals surface area (Å²) in [6.45, 7) is 1.76. The van der Waals surface area contributed by atoms with E-state index >= 15 is 0 Å². The Balaban J connectivity index is 1.55. The van der Waals surface area contributed by atoms with Crippen LogP contribution in [0.5, 0.6) is 0 Å². The molecule has 1 saturated heterocycles. The van der Waals surface area contributed by atoms with Crippen molar-refractivity contribution in [3.05, 3.63) is 29.8 Å². The van der Waals surface area contributed by atoms with Crippen LogP contribution in [-0.2, 0) is 15.3 Å². The highest BCUT2D eigenvalue weighted by atomic mass is 32.2. The van der Waals surface area contributed by atoms with E-state index in [-0.39, 0.29) is 5.91 Å². The number of thioether (sulfide) groups is 1. The fraction of sp³-hybridized carbons (Fsp3) is 0.632. The number of nitrogens with one attached hydrogen (secondary N) is 1. The number of hydrogen-bond donors (Lipinski definition) is 2. The van der Waals surface area contributed by atoms with E-state index < -0.39 is 5.54 Å². The van der Waals surface area contributed by atoms with Crippen molar-refractivity contribution in [2.75, 3.05) is 18.5 Å². The third kappa shape index (κ3) is 4.74. The number of ether oxygens (including phenoxy) is 1. The fourth-order valence-corrected chi connectivity index (χ4v) is 4.59. The SMILES string of the molecule is NC1(C(=O)Nc2cccc(CSC3CCOCC3)c2)CCCCC1. The summed E-state index contributed by atoms with van der Waals surface area (Å²) in [5.74, 6) is 0.943. The lowest BCUT2D eigenvalue weighted by atomic mass is 9.82. The van der Waals surface area contributed by atoms with Crippen molar-refractivity contribution in [1.29, 1.82) is 0 Å². The Morgan fingerprint density at radius 2 is 2.00 bits per heavy atom. The molecule has 0 spiro atoms. The zero-order valence-electron chi connectivity index (χ0n) is 14.3. The van der Waals surface area contributed by atoms with Gasteiger partial charge in [0, 0.05) is 29.9 Å². The average molecular weight is 349 g/mol. The molecule has 0 radical (unpaired) electrons. The van der Waals surface area contributed by atoms with E-state index in [1.165, 1.54) is 12.0 Å². The summed E-state index contributed by atoms with van der Waals surface area (Å²) in [5.41, 5.74) is 7.74. The molecule has 1 aromatic carbocycles. The van der Waals surface area contributed by atoms with Gasteiger partial charge in [-0.1, -0.05) is 31.4 Å². The molecule has 1 heterocycles. The van der Waals surface area contributed by atoms with Crippen molar-refractivity contribution in [3.63, 3.8) is 0 Å². The maximum absolute atomic E-state index is 12.6. The zero-order valence-corrected chi connectivity index (χ0v) is 15.1. The molecule has 1 aliphatic heterocycles. The molecule has 5 heteroatoms. The molecule has 0 atom stereocenters. The van der Waals surface area contributed by atoms with Crippen LogP contribution in [0, 0.1) is 0 Å². The first kappa shape index (κ1) is 17.8. The van der Waals surface area contributed by atoms with Crippen LogP contribution in [0.25, 0.3) is 0 Å². The minimum absolute atomic E-state index is 0.0311. The summed E-state index contributed by atoms with van der Waals surface area (Å²) in [4.78, 5) is 12.6. The molecule has 4 nitrogen and oxygen atoms in total. The molecular formula is C19H28N2O2S. The molecule has 1 amide bonds. The van der Waals surface area contributed by atoms with Gasteiger partial charge in [-0.3, -0.25) is 4.79 Å². The van der Waals surface area contributed by atoms with Crippen LogP contribution < -0.4 is 11.1 Å². The van der Waals surface area contributed by atoms with Gasteiger partial charge in [-0.25, -0.2) is 0 Å². The van der Waals surface area contributed by atoms with Crippen LogP contribution in [0.2, 0.25) is 0 Å². The molecule has 1 saturated carbocycles. The second-order valence-corrected chi connectivity index (χ2v) is 8.28. The second-order valence-electron chi connectivity index (χ2n) is 6.99. The van der Waals surface area contributed by atoms with Gasteiger partial charge < -0.3 is 15.8 Å². The van der Waals surface area contributed by atoms with Gasteiger partial charge in [-0.2, -0.15) is 11.8 Å². The van der Waals surface area contributed by atoms with E-state index in [0.717, 1.165) is 63.2 Å². The van der Waals surface area contributed by atoms with E-state index in [0.29, 0.717) is 5.25 Å². The quantitative estimate of drug-likeness (QED) is 0.851. The topological polar surface area (TPSA) is 64.4 Å². The molecule has 0 aromatic heterocycles. The van der Waals surface area contributed by atoms with E-state index in [2.05, 4.69) is 17.4 Å². The van der Waals surface area contributed by atoms with Crippen LogP contribution >= 0.6 is 11.8 Å². The van der Waals surface area contributed by atoms with Crippen molar-refractivity contribution in [2.45, 2.75) is 61.5 Å². The van der Waals surface area contributed by atoms with Gasteiger partial charge in [0.05, 0.1) is 5.54 Å². The zero-order chi connectivity index (χ0) is 16.8. The maximum atomic E-state index is 12.6. The van der Waals surface area contributed by atoms with Crippen LogP contribution in [0.15, 0.2) is 24.3 Å². The highest BCUT2D eigenvalue weighted by Gasteiger charge is 2.35. The Morgan fingerprint density at radius 1 is 1.25 bits per heavy atom. The Hall–Kier alpha value is -1.04. The highest BCUT2D eigenvalue weighted by Crippen LogP contribution is 2.29. The number of anilines is 1. The van der Waals surface area contributed by atoms with Gasteiger partial charge in [-0.15, -0.1) is 0 Å². The number of carbonyl (C=O) groups is 1. The van der Waals surface area contributed by atoms with Gasteiger partial charge in [0.25, 0.3) is 0 Å². The van der Waals surface area contributed by atoms with Gasteiger partial charge in [0.15, 0.2) is 0 Å². The molecular weight excluding hydrogens is 320 g/mol. The molecule has 0 unspecified atom stereocenters. The van der Waals surface area contributed by atoms with Crippen molar-refractivity contribution >= 4 is 23.4 Å². The number of benzene rings is 1. The number of rotatable bonds is 5. The molecule has 1 aromatic rings. The number of nitrogens with two attached hydrogens (primary N) is 1. The Labute approximate surface area is 148 Å². The molecule has 0 bridgehead atoms. The number of amides is 1. The van der Waals surface area contributed by atoms with E-state index in [1.807, 2.05) is 23.9 Å². The van der Waals surface area contributed by atoms with Gasteiger partial charge in [0.2, 0.25) is 5.91 Å².